The average Bonchev–Trinajstić information content (AvgIpc) is 3.29. The highest BCUT2D eigenvalue weighted by Gasteiger charge is 2.20. The van der Waals surface area contributed by atoms with Crippen LogP contribution in [0.15, 0.2) is 52.3 Å². The lowest BCUT2D eigenvalue weighted by atomic mass is 10.0. The lowest BCUT2D eigenvalue weighted by Crippen LogP contribution is -2.32. The van der Waals surface area contributed by atoms with E-state index >= 15 is 0 Å². The Morgan fingerprint density at radius 3 is 2.58 bits per heavy atom. The summed E-state index contributed by atoms with van der Waals surface area (Å²) in [5, 5.41) is 3.05. The molecule has 4 aromatic rings. The topological polar surface area (TPSA) is 115 Å². The van der Waals surface area contributed by atoms with Crippen molar-refractivity contribution in [3.8, 4) is 0 Å². The van der Waals surface area contributed by atoms with Gasteiger partial charge in [0, 0.05) is 42.8 Å². The van der Waals surface area contributed by atoms with E-state index in [9.17, 15) is 14.4 Å². The van der Waals surface area contributed by atoms with Crippen LogP contribution in [0.3, 0.4) is 0 Å². The molecule has 0 saturated carbocycles. The van der Waals surface area contributed by atoms with Crippen molar-refractivity contribution in [3.63, 3.8) is 0 Å². The molecule has 9 nitrogen and oxygen atoms in total. The SMILES string of the molecule is CCCn1c(=O)[nH]c(=O)c2c(C(=O)Nc3cccc(Cn4ccnc4C(C)C)c3)cc(C(C)C)nc21. The number of H-pyrrole nitrogens is 1. The van der Waals surface area contributed by atoms with Gasteiger partial charge in [-0.05, 0) is 36.1 Å². The van der Waals surface area contributed by atoms with Gasteiger partial charge in [0.2, 0.25) is 0 Å². The molecule has 1 amide bonds. The Balaban J connectivity index is 1.73. The number of anilines is 1. The van der Waals surface area contributed by atoms with Crippen LogP contribution in [0.2, 0.25) is 0 Å². The number of imidazole rings is 1. The van der Waals surface area contributed by atoms with Crippen LogP contribution in [-0.2, 0) is 13.1 Å². The molecule has 2 N–H and O–H groups in total. The maximum absolute atomic E-state index is 13.5. The molecule has 0 unspecified atom stereocenters. The molecule has 0 aliphatic carbocycles. The maximum atomic E-state index is 13.5. The van der Waals surface area contributed by atoms with Gasteiger partial charge in [-0.25, -0.2) is 14.8 Å². The van der Waals surface area contributed by atoms with E-state index in [0.717, 1.165) is 11.4 Å². The smallest absolute Gasteiger partial charge is 0.329 e. The first-order valence-corrected chi connectivity index (χ1v) is 12.3. The zero-order chi connectivity index (χ0) is 26.0. The minimum Gasteiger partial charge on any atom is -0.330 e. The number of nitrogens with zero attached hydrogens (tertiary/aromatic N) is 4. The van der Waals surface area contributed by atoms with E-state index in [1.807, 2.05) is 51.2 Å². The third kappa shape index (κ3) is 5.00. The van der Waals surface area contributed by atoms with Crippen LogP contribution in [0.25, 0.3) is 11.0 Å². The van der Waals surface area contributed by atoms with Gasteiger partial charge in [0.1, 0.15) is 5.82 Å². The van der Waals surface area contributed by atoms with Crippen molar-refractivity contribution in [2.24, 2.45) is 0 Å². The van der Waals surface area contributed by atoms with Gasteiger partial charge in [-0.1, -0.05) is 46.8 Å². The Kier molecular flexibility index (Phi) is 7.19. The van der Waals surface area contributed by atoms with Crippen LogP contribution in [0, 0.1) is 0 Å². The molecule has 0 spiro atoms. The van der Waals surface area contributed by atoms with Gasteiger partial charge in [-0.2, -0.15) is 0 Å². The first-order chi connectivity index (χ1) is 17.2. The second kappa shape index (κ2) is 10.3. The number of carbonyl (C=O) groups excluding carboxylic acids is 1. The van der Waals surface area contributed by atoms with Crippen molar-refractivity contribution in [3.05, 3.63) is 86.2 Å². The summed E-state index contributed by atoms with van der Waals surface area (Å²) in [6.45, 7) is 11.0. The Bertz CT molecular complexity index is 1530. The molecule has 1 aromatic carbocycles. The largest absolute Gasteiger partial charge is 0.330 e. The minimum absolute atomic E-state index is 0.000854. The Morgan fingerprint density at radius 2 is 1.89 bits per heavy atom. The van der Waals surface area contributed by atoms with Gasteiger partial charge in [-0.15, -0.1) is 0 Å². The third-order valence-corrected chi connectivity index (χ3v) is 6.05. The van der Waals surface area contributed by atoms with Gasteiger partial charge >= 0.3 is 5.69 Å². The van der Waals surface area contributed by atoms with E-state index in [1.165, 1.54) is 4.57 Å². The zero-order valence-corrected chi connectivity index (χ0v) is 21.3. The molecule has 9 heteroatoms. The number of fused-ring (bicyclic) bond motifs is 1. The van der Waals surface area contributed by atoms with Crippen molar-refractivity contribution < 1.29 is 4.79 Å². The summed E-state index contributed by atoms with van der Waals surface area (Å²) in [5.74, 6) is 0.852. The quantitative estimate of drug-likeness (QED) is 0.385. The van der Waals surface area contributed by atoms with E-state index in [-0.39, 0.29) is 22.5 Å². The second-order valence-corrected chi connectivity index (χ2v) is 9.58. The number of aryl methyl sites for hydroxylation is 1. The minimum atomic E-state index is -0.620. The van der Waals surface area contributed by atoms with Crippen molar-refractivity contribution in [1.82, 2.24) is 24.1 Å². The predicted molar refractivity (Wildman–Crippen MR) is 141 cm³/mol. The van der Waals surface area contributed by atoms with Crippen LogP contribution in [0.1, 0.15) is 80.3 Å². The fourth-order valence-corrected chi connectivity index (χ4v) is 4.30. The molecule has 0 bridgehead atoms. The summed E-state index contributed by atoms with van der Waals surface area (Å²) in [5.41, 5.74) is 1.53. The number of benzene rings is 1. The molecule has 0 radical (unpaired) electrons. The van der Waals surface area contributed by atoms with Crippen LogP contribution in [0.4, 0.5) is 5.69 Å². The number of hydrogen-bond donors (Lipinski definition) is 2. The molecule has 0 aliphatic rings. The molecule has 3 aromatic heterocycles. The molecule has 0 saturated heterocycles. The molecule has 0 aliphatic heterocycles. The summed E-state index contributed by atoms with van der Waals surface area (Å²) in [7, 11) is 0. The van der Waals surface area contributed by atoms with Crippen LogP contribution < -0.4 is 16.6 Å². The van der Waals surface area contributed by atoms with Gasteiger partial charge < -0.3 is 9.88 Å². The molecule has 36 heavy (non-hydrogen) atoms. The van der Waals surface area contributed by atoms with Crippen molar-refractivity contribution in [2.75, 3.05) is 5.32 Å². The summed E-state index contributed by atoms with van der Waals surface area (Å²) in [4.78, 5) is 50.2. The number of nitrogens with one attached hydrogen (secondary N) is 2. The van der Waals surface area contributed by atoms with E-state index in [4.69, 9.17) is 0 Å². The van der Waals surface area contributed by atoms with Gasteiger partial charge in [0.25, 0.3) is 11.5 Å². The number of aromatic amines is 1. The molecule has 188 valence electrons. The van der Waals surface area contributed by atoms with E-state index < -0.39 is 17.2 Å². The van der Waals surface area contributed by atoms with E-state index in [2.05, 4.69) is 38.7 Å². The number of amides is 1. The highest BCUT2D eigenvalue weighted by atomic mass is 16.2. The lowest BCUT2D eigenvalue weighted by molar-refractivity contribution is 0.102. The highest BCUT2D eigenvalue weighted by Crippen LogP contribution is 2.22. The molecule has 0 atom stereocenters. The van der Waals surface area contributed by atoms with Gasteiger partial charge in [0.15, 0.2) is 5.65 Å². The Morgan fingerprint density at radius 1 is 1.11 bits per heavy atom. The van der Waals surface area contributed by atoms with E-state index in [1.54, 1.807) is 12.3 Å². The number of rotatable bonds is 8. The first-order valence-electron chi connectivity index (χ1n) is 12.3. The molecule has 4 rings (SSSR count). The Hall–Kier alpha value is -4.01. The molecule has 0 fully saturated rings. The number of aromatic nitrogens is 5. The van der Waals surface area contributed by atoms with E-state index in [0.29, 0.717) is 36.8 Å². The average molecular weight is 489 g/mol. The lowest BCUT2D eigenvalue weighted by Gasteiger charge is -2.15. The number of carbonyl (C=O) groups is 1. The van der Waals surface area contributed by atoms with Crippen molar-refractivity contribution >= 4 is 22.6 Å². The van der Waals surface area contributed by atoms with Crippen molar-refractivity contribution in [1.29, 1.82) is 0 Å². The fourth-order valence-electron chi connectivity index (χ4n) is 4.30. The van der Waals surface area contributed by atoms with Crippen LogP contribution >= 0.6 is 0 Å². The highest BCUT2D eigenvalue weighted by molar-refractivity contribution is 6.11. The standard InChI is InChI=1S/C27H32N6O3/c1-6-11-33-24-22(26(35)31-27(33)36)20(14-21(30-24)16(2)3)25(34)29-19-9-7-8-18(13-19)15-32-12-10-28-23(32)17(4)5/h7-10,12-14,16-17H,6,11,15H2,1-5H3,(H,29,34)(H,31,35,36). The molecule has 3 heterocycles. The summed E-state index contributed by atoms with van der Waals surface area (Å²) in [6, 6.07) is 9.23. The third-order valence-electron chi connectivity index (χ3n) is 6.05. The first kappa shape index (κ1) is 25.1. The summed E-state index contributed by atoms with van der Waals surface area (Å²) < 4.78 is 3.51. The maximum Gasteiger partial charge on any atom is 0.329 e. The second-order valence-electron chi connectivity index (χ2n) is 9.58. The van der Waals surface area contributed by atoms with Crippen molar-refractivity contribution in [2.45, 2.75) is 66.0 Å². The predicted octanol–water partition coefficient (Wildman–Crippen LogP) is 4.24. The monoisotopic (exact) mass is 488 g/mol. The normalized spacial score (nSPS) is 11.5. The summed E-state index contributed by atoms with van der Waals surface area (Å²) in [6.07, 6.45) is 4.41. The van der Waals surface area contributed by atoms with Gasteiger partial charge in [-0.3, -0.25) is 19.1 Å². The van der Waals surface area contributed by atoms with Crippen LogP contribution in [0.5, 0.6) is 0 Å². The number of pyridine rings is 1. The fraction of sp³-hybridized carbons (Fsp3) is 0.370. The molecular weight excluding hydrogens is 456 g/mol. The zero-order valence-electron chi connectivity index (χ0n) is 21.3. The van der Waals surface area contributed by atoms with Crippen LogP contribution in [-0.4, -0.2) is 30.0 Å². The molecular formula is C27H32N6O3. The van der Waals surface area contributed by atoms with Gasteiger partial charge in [0.05, 0.1) is 10.9 Å². The summed E-state index contributed by atoms with van der Waals surface area (Å²) >= 11 is 0. The number of hydrogen-bond acceptors (Lipinski definition) is 5. The Labute approximate surface area is 209 Å².